The van der Waals surface area contributed by atoms with E-state index in [1.165, 1.54) is 17.5 Å². The molecule has 0 unspecified atom stereocenters. The number of hydrogen-bond acceptors (Lipinski definition) is 19. The van der Waals surface area contributed by atoms with E-state index < -0.39 is 0 Å². The van der Waals surface area contributed by atoms with Crippen molar-refractivity contribution in [3.8, 4) is 0 Å². The molecule has 3 amide bonds. The van der Waals surface area contributed by atoms with E-state index in [1.54, 1.807) is 6.07 Å². The third-order valence-corrected chi connectivity index (χ3v) is 10.2. The van der Waals surface area contributed by atoms with Crippen molar-refractivity contribution in [2.75, 3.05) is 160 Å². The Kier molecular flexibility index (Phi) is 25.4. The molecule has 64 heavy (non-hydrogen) atoms. The standard InChI is InChI=1S/C41H61ClN10O11S/c1-31-5-4-6-33(42)39(31)50-40(55)34-28-46-41(64-34)49-35-27-36(48-32(2)47-35)52-11-9-51(10-12-52)29-37(53)44-7-13-56-15-17-58-19-21-60-23-25-62-26-24-61-22-20-59-18-16-57-14-8-45-38(54)30-63-43-3/h4-6,27-28H,3,7-26,29-30H2,1-2H3,(H,44,53)(H,45,54)(H,50,55)(H,46,47,48,49). The molecule has 1 fully saturated rings. The Morgan fingerprint density at radius 1 is 0.766 bits per heavy atom. The van der Waals surface area contributed by atoms with Gasteiger partial charge in [0.15, 0.2) is 11.7 Å². The minimum Gasteiger partial charge on any atom is -0.386 e. The van der Waals surface area contributed by atoms with Gasteiger partial charge in [-0.3, -0.25) is 19.3 Å². The second-order valence-electron chi connectivity index (χ2n) is 13.9. The van der Waals surface area contributed by atoms with Crippen molar-refractivity contribution in [3.63, 3.8) is 0 Å². The molecule has 354 valence electrons. The van der Waals surface area contributed by atoms with Crippen LogP contribution >= 0.6 is 22.9 Å². The van der Waals surface area contributed by atoms with Gasteiger partial charge in [0.2, 0.25) is 5.91 Å². The molecule has 1 aromatic carbocycles. The topological polar surface area (TPSA) is 231 Å². The van der Waals surface area contributed by atoms with Crippen LogP contribution in [0.15, 0.2) is 35.6 Å². The summed E-state index contributed by atoms with van der Waals surface area (Å²) >= 11 is 7.49. The largest absolute Gasteiger partial charge is 0.386 e. The molecular formula is C41H61ClN10O11S. The summed E-state index contributed by atoms with van der Waals surface area (Å²) in [5, 5.41) is 15.7. The number of oxime groups is 1. The Morgan fingerprint density at radius 3 is 1.86 bits per heavy atom. The average Bonchev–Trinajstić information content (AvgIpc) is 3.75. The molecule has 0 radical (unpaired) electrons. The van der Waals surface area contributed by atoms with Crippen LogP contribution in [0.4, 0.5) is 22.5 Å². The maximum Gasteiger partial charge on any atom is 0.267 e. The van der Waals surface area contributed by atoms with Crippen LogP contribution < -0.4 is 26.2 Å². The molecule has 4 N–H and O–H groups in total. The molecule has 3 aromatic rings. The summed E-state index contributed by atoms with van der Waals surface area (Å²) in [6.45, 7) is 16.6. The van der Waals surface area contributed by atoms with Crippen LogP contribution in [0.25, 0.3) is 0 Å². The number of nitrogens with zero attached hydrogens (tertiary/aromatic N) is 6. The van der Waals surface area contributed by atoms with Crippen LogP contribution in [-0.4, -0.2) is 189 Å². The van der Waals surface area contributed by atoms with Gasteiger partial charge in [0, 0.05) is 52.1 Å². The number of thiazole rings is 1. The number of hydrogen-bond donors (Lipinski definition) is 4. The Bertz CT molecular complexity index is 1820. The summed E-state index contributed by atoms with van der Waals surface area (Å²) in [5.41, 5.74) is 1.44. The number of benzene rings is 1. The van der Waals surface area contributed by atoms with Crippen molar-refractivity contribution in [2.45, 2.75) is 13.8 Å². The number of ether oxygens (including phenoxy) is 7. The lowest BCUT2D eigenvalue weighted by Crippen LogP contribution is -2.50. The van der Waals surface area contributed by atoms with Crippen molar-refractivity contribution in [3.05, 3.63) is 51.7 Å². The van der Waals surface area contributed by atoms with E-state index in [9.17, 15) is 14.4 Å². The Hall–Kier alpha value is -4.62. The molecule has 3 heterocycles. The number of nitrogens with one attached hydrogen (secondary N) is 4. The van der Waals surface area contributed by atoms with E-state index in [-0.39, 0.29) is 24.3 Å². The summed E-state index contributed by atoms with van der Waals surface area (Å²) in [7, 11) is 0. The fourth-order valence-electron chi connectivity index (χ4n) is 5.79. The third-order valence-electron chi connectivity index (χ3n) is 8.97. The highest BCUT2D eigenvalue weighted by Gasteiger charge is 2.21. The highest BCUT2D eigenvalue weighted by atomic mass is 35.5. The smallest absolute Gasteiger partial charge is 0.267 e. The first-order valence-corrected chi connectivity index (χ1v) is 22.2. The van der Waals surface area contributed by atoms with E-state index >= 15 is 0 Å². The van der Waals surface area contributed by atoms with Crippen LogP contribution in [0.3, 0.4) is 0 Å². The Morgan fingerprint density at radius 2 is 1.31 bits per heavy atom. The van der Waals surface area contributed by atoms with E-state index in [4.69, 9.17) is 44.8 Å². The maximum absolute atomic E-state index is 12.9. The lowest BCUT2D eigenvalue weighted by Gasteiger charge is -2.35. The number of piperazine rings is 1. The molecule has 0 atom stereocenters. The summed E-state index contributed by atoms with van der Waals surface area (Å²) < 4.78 is 38.4. The van der Waals surface area contributed by atoms with Gasteiger partial charge < -0.3 is 64.2 Å². The molecule has 1 aliphatic rings. The Labute approximate surface area is 382 Å². The van der Waals surface area contributed by atoms with Crippen LogP contribution in [0.5, 0.6) is 0 Å². The molecule has 0 spiro atoms. The number of aromatic nitrogens is 3. The normalized spacial score (nSPS) is 12.8. The minimum absolute atomic E-state index is 0.0551. The lowest BCUT2D eigenvalue weighted by molar-refractivity contribution is -0.126. The highest BCUT2D eigenvalue weighted by Crippen LogP contribution is 2.28. The van der Waals surface area contributed by atoms with Crippen LogP contribution in [-0.2, 0) is 47.6 Å². The number of amides is 3. The van der Waals surface area contributed by atoms with Crippen molar-refractivity contribution < 1.29 is 52.4 Å². The van der Waals surface area contributed by atoms with Gasteiger partial charge in [0.25, 0.3) is 11.8 Å². The summed E-state index contributed by atoms with van der Waals surface area (Å²) in [6.07, 6.45) is 1.51. The van der Waals surface area contributed by atoms with Crippen molar-refractivity contribution in [1.82, 2.24) is 30.5 Å². The van der Waals surface area contributed by atoms with Gasteiger partial charge in [-0.05, 0) is 25.5 Å². The van der Waals surface area contributed by atoms with Gasteiger partial charge in [0.1, 0.15) is 22.3 Å². The first-order valence-electron chi connectivity index (χ1n) is 21.0. The second kappa shape index (κ2) is 31.3. The second-order valence-corrected chi connectivity index (χ2v) is 15.3. The molecule has 1 aliphatic heterocycles. The van der Waals surface area contributed by atoms with Gasteiger partial charge in [-0.2, -0.15) is 0 Å². The summed E-state index contributed by atoms with van der Waals surface area (Å²) in [6, 6.07) is 7.30. The molecule has 0 bridgehead atoms. The van der Waals surface area contributed by atoms with E-state index in [1.807, 2.05) is 32.0 Å². The number of para-hydroxylation sites is 1. The van der Waals surface area contributed by atoms with E-state index in [0.29, 0.717) is 171 Å². The number of carbonyl (C=O) groups excluding carboxylic acids is 3. The van der Waals surface area contributed by atoms with E-state index in [2.05, 4.69) is 62.7 Å². The SMILES string of the molecule is C=NOCC(=O)NCCOCCOCCOCCOCCOCCOCCOCCNC(=O)CN1CCN(c2cc(Nc3ncc(C(=O)Nc4c(C)cccc4Cl)s3)nc(C)n2)CC1. The third kappa shape index (κ3) is 21.4. The van der Waals surface area contributed by atoms with Crippen molar-refractivity contribution in [2.24, 2.45) is 5.16 Å². The lowest BCUT2D eigenvalue weighted by atomic mass is 10.2. The minimum atomic E-state index is -0.298. The quantitative estimate of drug-likeness (QED) is 0.0383. The first-order chi connectivity index (χ1) is 31.2. The summed E-state index contributed by atoms with van der Waals surface area (Å²) in [4.78, 5) is 59.5. The molecule has 23 heteroatoms. The van der Waals surface area contributed by atoms with Gasteiger partial charge in [-0.15, -0.1) is 5.16 Å². The van der Waals surface area contributed by atoms with Gasteiger partial charge in [0.05, 0.1) is 116 Å². The maximum atomic E-state index is 12.9. The number of carbonyl (C=O) groups is 3. The number of aryl methyl sites for hydroxylation is 2. The zero-order chi connectivity index (χ0) is 45.6. The molecule has 21 nitrogen and oxygen atoms in total. The fourth-order valence-corrected chi connectivity index (χ4v) is 6.77. The number of rotatable bonds is 34. The van der Waals surface area contributed by atoms with Crippen LogP contribution in [0.2, 0.25) is 5.02 Å². The molecule has 0 saturated carbocycles. The molecule has 0 aliphatic carbocycles. The van der Waals surface area contributed by atoms with Gasteiger partial charge >= 0.3 is 0 Å². The Balaban J connectivity index is 0.919. The number of halogens is 1. The van der Waals surface area contributed by atoms with Crippen molar-refractivity contribution in [1.29, 1.82) is 0 Å². The first kappa shape index (κ1) is 52.0. The fraction of sp³-hybridized carbons (Fsp3) is 0.585. The number of anilines is 4. The van der Waals surface area contributed by atoms with Crippen LogP contribution in [0, 0.1) is 13.8 Å². The zero-order valence-electron chi connectivity index (χ0n) is 36.6. The monoisotopic (exact) mass is 936 g/mol. The summed E-state index contributed by atoms with van der Waals surface area (Å²) in [5.74, 6) is 1.30. The molecule has 2 aromatic heterocycles. The molecule has 1 saturated heterocycles. The zero-order valence-corrected chi connectivity index (χ0v) is 38.2. The highest BCUT2D eigenvalue weighted by molar-refractivity contribution is 7.17. The van der Waals surface area contributed by atoms with Gasteiger partial charge in [-0.25, -0.2) is 15.0 Å². The molecular weight excluding hydrogens is 876 g/mol. The van der Waals surface area contributed by atoms with E-state index in [0.717, 1.165) is 11.4 Å². The van der Waals surface area contributed by atoms with Crippen molar-refractivity contribution >= 4 is 69.8 Å². The predicted octanol–water partition coefficient (Wildman–Crippen LogP) is 2.30. The van der Waals surface area contributed by atoms with Gasteiger partial charge in [-0.1, -0.05) is 35.1 Å². The average molecular weight is 938 g/mol. The predicted molar refractivity (Wildman–Crippen MR) is 242 cm³/mol. The molecule has 4 rings (SSSR count). The van der Waals surface area contributed by atoms with Crippen LogP contribution in [0.1, 0.15) is 21.1 Å².